The summed E-state index contributed by atoms with van der Waals surface area (Å²) in [5.74, 6) is 0. The Morgan fingerprint density at radius 1 is 0.344 bits per heavy atom. The molecule has 61 heavy (non-hydrogen) atoms. The van der Waals surface area contributed by atoms with E-state index >= 15 is 0 Å². The van der Waals surface area contributed by atoms with E-state index in [2.05, 4.69) is 241 Å². The van der Waals surface area contributed by atoms with E-state index in [1.54, 1.807) is 0 Å². The van der Waals surface area contributed by atoms with Gasteiger partial charge < -0.3 is 9.13 Å². The van der Waals surface area contributed by atoms with E-state index in [4.69, 9.17) is 0 Å². The fraction of sp³-hybridized carbons (Fsp3) is 0.0345. The molecule has 0 unspecified atom stereocenters. The predicted octanol–water partition coefficient (Wildman–Crippen LogP) is 14.3. The van der Waals surface area contributed by atoms with Gasteiger partial charge >= 0.3 is 0 Å². The molecule has 9 aromatic carbocycles. The van der Waals surface area contributed by atoms with Gasteiger partial charge in [0, 0.05) is 32.9 Å². The maximum absolute atomic E-state index is 3.89. The largest absolute Gasteiger partial charge is 0.309 e. The molecule has 0 aliphatic rings. The van der Waals surface area contributed by atoms with Crippen molar-refractivity contribution >= 4 is 68.1 Å². The Morgan fingerprint density at radius 2 is 0.639 bits per heavy atom. The van der Waals surface area contributed by atoms with Crippen LogP contribution in [0, 0.1) is 0 Å². The molecule has 3 heteroatoms. The van der Waals surface area contributed by atoms with Crippen LogP contribution < -0.4 is 10.4 Å². The van der Waals surface area contributed by atoms with Crippen molar-refractivity contribution in [1.82, 2.24) is 9.13 Å². The van der Waals surface area contributed by atoms with Gasteiger partial charge in [0.1, 0.15) is 8.07 Å². The summed E-state index contributed by atoms with van der Waals surface area (Å²) < 4.78 is 4.87. The first-order valence-electron chi connectivity index (χ1n) is 21.1. The third-order valence-corrected chi connectivity index (χ3v) is 16.4. The highest BCUT2D eigenvalue weighted by molar-refractivity contribution is 7.00. The molecule has 0 radical (unpaired) electrons. The van der Waals surface area contributed by atoms with Gasteiger partial charge in [-0.05, 0) is 81.4 Å². The molecular weight excluding hydrogens is 753 g/mol. The van der Waals surface area contributed by atoms with Crippen LogP contribution >= 0.6 is 0 Å². The molecule has 0 aliphatic heterocycles. The van der Waals surface area contributed by atoms with Gasteiger partial charge in [-0.25, -0.2) is 0 Å². The highest BCUT2D eigenvalue weighted by Crippen LogP contribution is 2.38. The van der Waals surface area contributed by atoms with Crippen LogP contribution in [-0.2, 0) is 0 Å². The summed E-state index contributed by atoms with van der Waals surface area (Å²) in [5.41, 5.74) is 15.5. The van der Waals surface area contributed by atoms with Gasteiger partial charge in [-0.1, -0.05) is 206 Å². The van der Waals surface area contributed by atoms with E-state index in [0.717, 1.165) is 16.9 Å². The van der Waals surface area contributed by atoms with Gasteiger partial charge in [-0.2, -0.15) is 0 Å². The van der Waals surface area contributed by atoms with Crippen LogP contribution in [0.15, 0.2) is 219 Å². The number of hydrogen-bond acceptors (Lipinski definition) is 0. The summed E-state index contributed by atoms with van der Waals surface area (Å²) in [6, 6.07) is 78.4. The molecule has 0 saturated carbocycles. The van der Waals surface area contributed by atoms with Crippen molar-refractivity contribution in [3.63, 3.8) is 0 Å². The zero-order valence-corrected chi connectivity index (χ0v) is 35.4. The fourth-order valence-electron chi connectivity index (χ4n) is 9.41. The van der Waals surface area contributed by atoms with Gasteiger partial charge in [0.05, 0.1) is 22.1 Å². The summed E-state index contributed by atoms with van der Waals surface area (Å²) in [5, 5.41) is 7.88. The molecule has 0 N–H and O–H groups in total. The van der Waals surface area contributed by atoms with Crippen LogP contribution in [0.1, 0.15) is 5.56 Å². The Hall–Kier alpha value is -7.46. The third kappa shape index (κ3) is 6.25. The van der Waals surface area contributed by atoms with Gasteiger partial charge in [-0.3, -0.25) is 0 Å². The SMILES string of the molecule is C=Cc1ccc(-c2ccc([Si](C)(C)c3ccc(-c4ccc(-c5cc(-n6c7ccccc7c7ccccc76)cc(-n6c7ccccc7c7ccccc76)c5)cc4)cc3)cc2)cc1. The zero-order valence-electron chi connectivity index (χ0n) is 34.4. The minimum Gasteiger partial charge on any atom is -0.309 e. The maximum atomic E-state index is 3.89. The number of fused-ring (bicyclic) bond motifs is 6. The van der Waals surface area contributed by atoms with Crippen molar-refractivity contribution < 1.29 is 0 Å². The molecule has 0 aliphatic carbocycles. The minimum absolute atomic E-state index is 1.13. The van der Waals surface area contributed by atoms with Crippen molar-refractivity contribution in [2.24, 2.45) is 0 Å². The third-order valence-electron chi connectivity index (χ3n) is 12.8. The van der Waals surface area contributed by atoms with Gasteiger partial charge in [0.2, 0.25) is 0 Å². The standard InChI is InChI=1S/C58H44N2Si/c1-4-40-21-23-41(24-22-40)43-29-33-49(34-30-43)61(2,3)50-35-31-44(32-36-50)42-25-27-45(28-26-42)46-37-47(59-55-17-9-5-13-51(55)52-14-6-10-18-56(52)59)39-48(38-46)60-57-19-11-7-15-53(57)54-16-8-12-20-58(54)60/h4-39H,1H2,2-3H3. The normalized spacial score (nSPS) is 11.8. The average Bonchev–Trinajstić information content (AvgIpc) is 3.85. The molecule has 0 spiro atoms. The molecule has 11 rings (SSSR count). The van der Waals surface area contributed by atoms with Crippen LogP contribution in [0.4, 0.5) is 0 Å². The molecule has 290 valence electrons. The van der Waals surface area contributed by atoms with Gasteiger partial charge in [0.25, 0.3) is 0 Å². The molecule has 2 heterocycles. The molecule has 0 saturated heterocycles. The Bertz CT molecular complexity index is 3180. The molecule has 11 aromatic rings. The van der Waals surface area contributed by atoms with E-state index in [0.29, 0.717) is 0 Å². The lowest BCUT2D eigenvalue weighted by atomic mass is 9.99. The van der Waals surface area contributed by atoms with E-state index < -0.39 is 8.07 Å². The molecule has 0 atom stereocenters. The Balaban J connectivity index is 0.966. The smallest absolute Gasteiger partial charge is 0.112 e. The number of para-hydroxylation sites is 4. The zero-order chi connectivity index (χ0) is 41.1. The minimum atomic E-state index is -1.91. The number of benzene rings is 9. The van der Waals surface area contributed by atoms with Crippen molar-refractivity contribution in [3.8, 4) is 44.8 Å². The monoisotopic (exact) mass is 796 g/mol. The molecule has 0 amide bonds. The first kappa shape index (κ1) is 36.6. The number of hydrogen-bond donors (Lipinski definition) is 0. The van der Waals surface area contributed by atoms with E-state index in [9.17, 15) is 0 Å². The highest BCUT2D eigenvalue weighted by atomic mass is 28.3. The Morgan fingerprint density at radius 3 is 0.984 bits per heavy atom. The first-order chi connectivity index (χ1) is 29.9. The lowest BCUT2D eigenvalue weighted by Crippen LogP contribution is -2.52. The van der Waals surface area contributed by atoms with Crippen LogP contribution in [0.2, 0.25) is 13.1 Å². The van der Waals surface area contributed by atoms with Crippen molar-refractivity contribution in [1.29, 1.82) is 0 Å². The second-order valence-electron chi connectivity index (χ2n) is 16.7. The Labute approximate surface area is 357 Å². The number of nitrogens with zero attached hydrogens (tertiary/aromatic N) is 2. The summed E-state index contributed by atoms with van der Waals surface area (Å²) in [6.45, 7) is 8.79. The van der Waals surface area contributed by atoms with Crippen LogP contribution in [0.25, 0.3) is 94.4 Å². The fourth-order valence-corrected chi connectivity index (χ4v) is 11.7. The quantitative estimate of drug-likeness (QED) is 0.136. The topological polar surface area (TPSA) is 9.86 Å². The van der Waals surface area contributed by atoms with Crippen LogP contribution in [0.5, 0.6) is 0 Å². The van der Waals surface area contributed by atoms with Crippen LogP contribution in [0.3, 0.4) is 0 Å². The molecule has 0 bridgehead atoms. The van der Waals surface area contributed by atoms with Crippen molar-refractivity contribution in [2.45, 2.75) is 13.1 Å². The molecule has 2 nitrogen and oxygen atoms in total. The summed E-state index contributed by atoms with van der Waals surface area (Å²) >= 11 is 0. The molecular formula is C58H44N2Si. The van der Waals surface area contributed by atoms with Crippen LogP contribution in [-0.4, -0.2) is 17.2 Å². The summed E-state index contributed by atoms with van der Waals surface area (Å²) in [7, 11) is -1.91. The second kappa shape index (κ2) is 14.7. The lowest BCUT2D eigenvalue weighted by Gasteiger charge is -2.24. The Kier molecular flexibility index (Phi) is 8.80. The van der Waals surface area contributed by atoms with E-state index in [-0.39, 0.29) is 0 Å². The first-order valence-corrected chi connectivity index (χ1v) is 24.1. The summed E-state index contributed by atoms with van der Waals surface area (Å²) in [4.78, 5) is 0. The van der Waals surface area contributed by atoms with Crippen molar-refractivity contribution in [2.75, 3.05) is 0 Å². The maximum Gasteiger partial charge on any atom is 0.112 e. The van der Waals surface area contributed by atoms with E-state index in [1.807, 2.05) is 6.08 Å². The number of rotatable bonds is 8. The van der Waals surface area contributed by atoms with Crippen molar-refractivity contribution in [3.05, 3.63) is 224 Å². The van der Waals surface area contributed by atoms with Gasteiger partial charge in [0.15, 0.2) is 0 Å². The molecule has 0 fully saturated rings. The number of aromatic nitrogens is 2. The highest BCUT2D eigenvalue weighted by Gasteiger charge is 2.26. The van der Waals surface area contributed by atoms with E-state index in [1.165, 1.54) is 87.4 Å². The lowest BCUT2D eigenvalue weighted by molar-refractivity contribution is 1.13. The average molecular weight is 797 g/mol. The molecule has 2 aromatic heterocycles. The van der Waals surface area contributed by atoms with Gasteiger partial charge in [-0.15, -0.1) is 0 Å². The predicted molar refractivity (Wildman–Crippen MR) is 265 cm³/mol. The summed E-state index contributed by atoms with van der Waals surface area (Å²) in [6.07, 6.45) is 1.89. The second-order valence-corrected chi connectivity index (χ2v) is 21.1.